The van der Waals surface area contributed by atoms with Gasteiger partial charge in [0.1, 0.15) is 5.75 Å². The van der Waals surface area contributed by atoms with Crippen LogP contribution in [0.5, 0.6) is 5.75 Å². The molecule has 3 heterocycles. The normalized spacial score (nSPS) is 18.0. The minimum absolute atomic E-state index is 0.244. The van der Waals surface area contributed by atoms with Crippen LogP contribution in [0.25, 0.3) is 16.9 Å². The van der Waals surface area contributed by atoms with Gasteiger partial charge in [0.15, 0.2) is 11.5 Å². The van der Waals surface area contributed by atoms with Crippen LogP contribution in [0.2, 0.25) is 0 Å². The van der Waals surface area contributed by atoms with E-state index in [1.54, 1.807) is 7.11 Å². The first-order valence-corrected chi connectivity index (χ1v) is 7.45. The molecule has 1 aromatic carbocycles. The topological polar surface area (TPSA) is 64.3 Å². The average molecular weight is 295 g/mol. The van der Waals surface area contributed by atoms with E-state index in [0.29, 0.717) is 0 Å². The van der Waals surface area contributed by atoms with E-state index in [1.807, 2.05) is 40.9 Å². The maximum atomic E-state index is 5.20. The Labute approximate surface area is 128 Å². The van der Waals surface area contributed by atoms with Gasteiger partial charge in [-0.3, -0.25) is 0 Å². The molecule has 1 saturated heterocycles. The predicted molar refractivity (Wildman–Crippen MR) is 82.7 cm³/mol. The molecule has 1 N–H and O–H groups in total. The summed E-state index contributed by atoms with van der Waals surface area (Å²) in [7, 11) is 1.66. The highest BCUT2D eigenvalue weighted by Gasteiger charge is 2.22. The fraction of sp³-hybridized carbons (Fsp3) is 0.312. The zero-order chi connectivity index (χ0) is 14.9. The molecule has 1 aliphatic heterocycles. The second kappa shape index (κ2) is 5.38. The number of hydrogen-bond acceptors (Lipinski definition) is 5. The van der Waals surface area contributed by atoms with Crippen LogP contribution in [0.3, 0.4) is 0 Å². The van der Waals surface area contributed by atoms with E-state index >= 15 is 0 Å². The van der Waals surface area contributed by atoms with Crippen molar-refractivity contribution in [2.45, 2.75) is 18.9 Å². The highest BCUT2D eigenvalue weighted by Crippen LogP contribution is 2.24. The van der Waals surface area contributed by atoms with Gasteiger partial charge < -0.3 is 10.1 Å². The third-order valence-corrected chi connectivity index (χ3v) is 4.04. The zero-order valence-corrected chi connectivity index (χ0v) is 12.4. The van der Waals surface area contributed by atoms with Crippen LogP contribution in [0, 0.1) is 0 Å². The van der Waals surface area contributed by atoms with Gasteiger partial charge in [-0.25, -0.2) is 0 Å². The van der Waals surface area contributed by atoms with E-state index < -0.39 is 0 Å². The summed E-state index contributed by atoms with van der Waals surface area (Å²) in [5, 5.41) is 16.7. The largest absolute Gasteiger partial charge is 0.497 e. The minimum atomic E-state index is 0.244. The lowest BCUT2D eigenvalue weighted by Crippen LogP contribution is -2.16. The first-order valence-electron chi connectivity index (χ1n) is 7.45. The van der Waals surface area contributed by atoms with E-state index in [4.69, 9.17) is 9.84 Å². The van der Waals surface area contributed by atoms with Crippen molar-refractivity contribution in [2.24, 2.45) is 0 Å². The van der Waals surface area contributed by atoms with Gasteiger partial charge in [-0.15, -0.1) is 10.2 Å². The van der Waals surface area contributed by atoms with Gasteiger partial charge in [0.25, 0.3) is 0 Å². The molecule has 0 amide bonds. The fourth-order valence-corrected chi connectivity index (χ4v) is 2.84. The van der Waals surface area contributed by atoms with Crippen molar-refractivity contribution in [3.05, 3.63) is 42.2 Å². The Kier molecular flexibility index (Phi) is 3.23. The number of rotatable bonds is 3. The van der Waals surface area contributed by atoms with E-state index in [0.717, 1.165) is 47.9 Å². The Morgan fingerprint density at radius 1 is 1.14 bits per heavy atom. The summed E-state index contributed by atoms with van der Waals surface area (Å²) in [4.78, 5) is 0. The molecular formula is C16H17N5O. The average Bonchev–Trinajstić information content (AvgIpc) is 3.23. The summed E-state index contributed by atoms with van der Waals surface area (Å²) in [6, 6.07) is 12.1. The molecule has 4 rings (SSSR count). The quantitative estimate of drug-likeness (QED) is 0.802. The van der Waals surface area contributed by atoms with Gasteiger partial charge in [-0.1, -0.05) is 0 Å². The molecule has 6 heteroatoms. The Balaban J connectivity index is 1.76. The molecule has 0 spiro atoms. The van der Waals surface area contributed by atoms with Crippen LogP contribution in [0.4, 0.5) is 0 Å². The maximum Gasteiger partial charge on any atom is 0.178 e. The summed E-state index contributed by atoms with van der Waals surface area (Å²) in [5.74, 6) is 1.73. The van der Waals surface area contributed by atoms with Crippen LogP contribution < -0.4 is 10.1 Å². The smallest absolute Gasteiger partial charge is 0.178 e. The minimum Gasteiger partial charge on any atom is -0.497 e. The first kappa shape index (κ1) is 13.2. The van der Waals surface area contributed by atoms with Crippen molar-refractivity contribution >= 4 is 5.65 Å². The van der Waals surface area contributed by atoms with Crippen molar-refractivity contribution in [2.75, 3.05) is 13.7 Å². The molecule has 0 bridgehead atoms. The summed E-state index contributed by atoms with van der Waals surface area (Å²) < 4.78 is 7.05. The summed E-state index contributed by atoms with van der Waals surface area (Å²) in [6.45, 7) is 1.03. The highest BCUT2D eigenvalue weighted by molar-refractivity contribution is 5.61. The second-order valence-electron chi connectivity index (χ2n) is 5.42. The molecule has 0 saturated carbocycles. The van der Waals surface area contributed by atoms with Gasteiger partial charge >= 0.3 is 0 Å². The van der Waals surface area contributed by atoms with Crippen LogP contribution in [-0.2, 0) is 0 Å². The van der Waals surface area contributed by atoms with Gasteiger partial charge in [-0.2, -0.15) is 9.61 Å². The molecule has 3 aromatic rings. The molecule has 1 fully saturated rings. The molecule has 22 heavy (non-hydrogen) atoms. The number of methoxy groups -OCH3 is 1. The van der Waals surface area contributed by atoms with Gasteiger partial charge in [0.05, 0.1) is 18.8 Å². The first-order chi connectivity index (χ1) is 10.8. The van der Waals surface area contributed by atoms with E-state index in [9.17, 15) is 0 Å². The van der Waals surface area contributed by atoms with Crippen LogP contribution in [0.1, 0.15) is 24.7 Å². The molecule has 6 nitrogen and oxygen atoms in total. The number of ether oxygens (including phenoxy) is 1. The monoisotopic (exact) mass is 295 g/mol. The Morgan fingerprint density at radius 3 is 2.73 bits per heavy atom. The van der Waals surface area contributed by atoms with Crippen LogP contribution >= 0.6 is 0 Å². The summed E-state index contributed by atoms with van der Waals surface area (Å²) in [6.07, 6.45) is 2.24. The molecule has 0 radical (unpaired) electrons. The van der Waals surface area contributed by atoms with Crippen LogP contribution in [0.15, 0.2) is 36.4 Å². The van der Waals surface area contributed by atoms with Crippen molar-refractivity contribution in [1.29, 1.82) is 0 Å². The van der Waals surface area contributed by atoms with Gasteiger partial charge in [0, 0.05) is 5.56 Å². The molecule has 0 unspecified atom stereocenters. The molecule has 0 aliphatic carbocycles. The maximum absolute atomic E-state index is 5.20. The Morgan fingerprint density at radius 2 is 2.00 bits per heavy atom. The lowest BCUT2D eigenvalue weighted by Gasteiger charge is -2.08. The molecule has 1 atom stereocenters. The molecule has 2 aromatic heterocycles. The number of aromatic nitrogens is 4. The standard InChI is InChI=1S/C16H17N5O/c1-22-12-6-4-11(5-7-12)13-8-9-15-18-19-16(21(15)20-13)14-3-2-10-17-14/h4-9,14,17H,2-3,10H2,1H3/t14-/m0/s1. The van der Waals surface area contributed by atoms with Crippen molar-refractivity contribution in [3.63, 3.8) is 0 Å². The summed E-state index contributed by atoms with van der Waals surface area (Å²) >= 11 is 0. The molecule has 112 valence electrons. The van der Waals surface area contributed by atoms with Gasteiger partial charge in [0.2, 0.25) is 0 Å². The zero-order valence-electron chi connectivity index (χ0n) is 12.4. The van der Waals surface area contributed by atoms with E-state index in [1.165, 1.54) is 0 Å². The Hall–Kier alpha value is -2.47. The third-order valence-electron chi connectivity index (χ3n) is 4.04. The van der Waals surface area contributed by atoms with Crippen LogP contribution in [-0.4, -0.2) is 33.5 Å². The van der Waals surface area contributed by atoms with Crippen molar-refractivity contribution < 1.29 is 4.74 Å². The van der Waals surface area contributed by atoms with Gasteiger partial charge in [-0.05, 0) is 55.8 Å². The van der Waals surface area contributed by atoms with E-state index in [2.05, 4.69) is 15.5 Å². The Bertz CT molecular complexity index is 790. The number of nitrogens with zero attached hydrogens (tertiary/aromatic N) is 4. The highest BCUT2D eigenvalue weighted by atomic mass is 16.5. The molecule has 1 aliphatic rings. The number of benzene rings is 1. The lowest BCUT2D eigenvalue weighted by molar-refractivity contribution is 0.415. The van der Waals surface area contributed by atoms with Crippen molar-refractivity contribution in [3.8, 4) is 17.0 Å². The second-order valence-corrected chi connectivity index (χ2v) is 5.42. The van der Waals surface area contributed by atoms with Crippen molar-refractivity contribution in [1.82, 2.24) is 25.1 Å². The third kappa shape index (κ3) is 2.21. The summed E-state index contributed by atoms with van der Waals surface area (Å²) in [5.41, 5.74) is 2.72. The molecular weight excluding hydrogens is 278 g/mol. The lowest BCUT2D eigenvalue weighted by atomic mass is 10.1. The predicted octanol–water partition coefficient (Wildman–Crippen LogP) is 2.22. The number of hydrogen-bond donors (Lipinski definition) is 1. The number of nitrogens with one attached hydrogen (secondary N) is 1. The fourth-order valence-electron chi connectivity index (χ4n) is 2.84. The van der Waals surface area contributed by atoms with E-state index in [-0.39, 0.29) is 6.04 Å². The SMILES string of the molecule is COc1ccc(-c2ccc3nnc([C@@H]4CCCN4)n3n2)cc1. The number of fused-ring (bicyclic) bond motifs is 1.